The molecule has 0 saturated heterocycles. The number of nitrogens with one attached hydrogen (secondary N) is 1. The molecule has 0 atom stereocenters. The fraction of sp³-hybridized carbons (Fsp3) is 0.800. The van der Waals surface area contributed by atoms with E-state index in [1.54, 1.807) is 27.9 Å². The summed E-state index contributed by atoms with van der Waals surface area (Å²) in [5.41, 5.74) is 1.62. The highest BCUT2D eigenvalue weighted by molar-refractivity contribution is 5.84. The monoisotopic (exact) mass is 216 g/mol. The molecule has 5 nitrogen and oxygen atoms in total. The van der Waals surface area contributed by atoms with E-state index in [0.29, 0.717) is 12.8 Å². The Morgan fingerprint density at radius 3 is 2.00 bits per heavy atom. The van der Waals surface area contributed by atoms with Crippen LogP contribution in [-0.2, 0) is 9.59 Å². The summed E-state index contributed by atoms with van der Waals surface area (Å²) in [5, 5.41) is 10.6. The molecule has 15 heavy (non-hydrogen) atoms. The summed E-state index contributed by atoms with van der Waals surface area (Å²) in [5.74, 6) is -1.16. The maximum atomic E-state index is 11.5. The van der Waals surface area contributed by atoms with Crippen molar-refractivity contribution in [3.05, 3.63) is 0 Å². The second-order valence-electron chi connectivity index (χ2n) is 3.90. The van der Waals surface area contributed by atoms with Crippen molar-refractivity contribution in [3.63, 3.8) is 0 Å². The van der Waals surface area contributed by atoms with Crippen molar-refractivity contribution in [1.29, 1.82) is 0 Å². The van der Waals surface area contributed by atoms with Gasteiger partial charge in [0.1, 0.15) is 0 Å². The highest BCUT2D eigenvalue weighted by Crippen LogP contribution is 2.30. The van der Waals surface area contributed by atoms with Crippen LogP contribution in [0, 0.1) is 5.41 Å². The third-order valence-corrected chi connectivity index (χ3v) is 2.65. The van der Waals surface area contributed by atoms with Crippen molar-refractivity contribution in [2.45, 2.75) is 33.1 Å². The third kappa shape index (κ3) is 3.87. The zero-order valence-electron chi connectivity index (χ0n) is 9.83. The molecule has 0 fully saturated rings. The van der Waals surface area contributed by atoms with Crippen molar-refractivity contribution in [3.8, 4) is 0 Å². The van der Waals surface area contributed by atoms with Gasteiger partial charge in [0, 0.05) is 20.5 Å². The zero-order valence-corrected chi connectivity index (χ0v) is 9.83. The SMILES string of the molecule is CCC(CC)(CC(=O)NN(C)C)C(=O)O. The van der Waals surface area contributed by atoms with Gasteiger partial charge in [-0.25, -0.2) is 5.01 Å². The molecule has 0 heterocycles. The van der Waals surface area contributed by atoms with E-state index in [2.05, 4.69) is 5.43 Å². The average Bonchev–Trinajstić information content (AvgIpc) is 2.12. The number of hydrazine groups is 1. The van der Waals surface area contributed by atoms with Gasteiger partial charge < -0.3 is 5.11 Å². The molecule has 2 N–H and O–H groups in total. The number of aliphatic carboxylic acids is 1. The topological polar surface area (TPSA) is 69.6 Å². The molecule has 0 spiro atoms. The molecule has 0 aliphatic rings. The van der Waals surface area contributed by atoms with E-state index in [0.717, 1.165) is 0 Å². The lowest BCUT2D eigenvalue weighted by Gasteiger charge is -2.26. The Labute approximate surface area is 90.4 Å². The summed E-state index contributed by atoms with van der Waals surface area (Å²) >= 11 is 0. The lowest BCUT2D eigenvalue weighted by molar-refractivity contribution is -0.153. The van der Waals surface area contributed by atoms with Gasteiger partial charge in [-0.3, -0.25) is 15.0 Å². The highest BCUT2D eigenvalue weighted by atomic mass is 16.4. The molecule has 0 aliphatic carbocycles. The van der Waals surface area contributed by atoms with E-state index in [-0.39, 0.29) is 12.3 Å². The van der Waals surface area contributed by atoms with E-state index >= 15 is 0 Å². The Hall–Kier alpha value is -1.10. The molecule has 5 heteroatoms. The second kappa shape index (κ2) is 5.70. The minimum Gasteiger partial charge on any atom is -0.481 e. The molecule has 0 saturated carbocycles. The molecule has 1 amide bonds. The molecule has 0 radical (unpaired) electrons. The molecular weight excluding hydrogens is 196 g/mol. The number of hydrogen-bond acceptors (Lipinski definition) is 3. The van der Waals surface area contributed by atoms with Crippen LogP contribution in [0.2, 0.25) is 0 Å². The smallest absolute Gasteiger partial charge is 0.310 e. The largest absolute Gasteiger partial charge is 0.481 e. The van der Waals surface area contributed by atoms with Crippen LogP contribution in [0.4, 0.5) is 0 Å². The van der Waals surface area contributed by atoms with Gasteiger partial charge >= 0.3 is 5.97 Å². The Morgan fingerprint density at radius 1 is 1.27 bits per heavy atom. The van der Waals surface area contributed by atoms with Crippen LogP contribution in [-0.4, -0.2) is 36.1 Å². The number of rotatable bonds is 6. The molecule has 0 rings (SSSR count). The first kappa shape index (κ1) is 13.9. The van der Waals surface area contributed by atoms with Crippen LogP contribution >= 0.6 is 0 Å². The standard InChI is InChI=1S/C10H20N2O3/c1-5-10(6-2,9(14)15)7-8(13)11-12(3)4/h5-7H2,1-4H3,(H,11,13)(H,14,15). The number of carboxylic acid groups (broad SMARTS) is 1. The fourth-order valence-corrected chi connectivity index (χ4v) is 1.47. The van der Waals surface area contributed by atoms with Crippen LogP contribution in [0.5, 0.6) is 0 Å². The number of amides is 1. The van der Waals surface area contributed by atoms with Crippen LogP contribution in [0.3, 0.4) is 0 Å². The number of carboxylic acids is 1. The van der Waals surface area contributed by atoms with Crippen molar-refractivity contribution < 1.29 is 14.7 Å². The Bertz CT molecular complexity index is 235. The van der Waals surface area contributed by atoms with Crippen LogP contribution in [0.1, 0.15) is 33.1 Å². The molecule has 0 aromatic heterocycles. The quantitative estimate of drug-likeness (QED) is 0.646. The zero-order chi connectivity index (χ0) is 12.1. The van der Waals surface area contributed by atoms with Gasteiger partial charge in [0.15, 0.2) is 0 Å². The summed E-state index contributed by atoms with van der Waals surface area (Å²) < 4.78 is 0. The first-order valence-corrected chi connectivity index (χ1v) is 5.08. The second-order valence-corrected chi connectivity index (χ2v) is 3.90. The Balaban J connectivity index is 4.54. The summed E-state index contributed by atoms with van der Waals surface area (Å²) in [7, 11) is 3.39. The molecule has 0 aliphatic heterocycles. The lowest BCUT2D eigenvalue weighted by atomic mass is 9.79. The first-order chi connectivity index (χ1) is 6.88. The molecule has 0 bridgehead atoms. The van der Waals surface area contributed by atoms with Gasteiger partial charge in [-0.2, -0.15) is 0 Å². The summed E-state index contributed by atoms with van der Waals surface area (Å²) in [4.78, 5) is 22.6. The summed E-state index contributed by atoms with van der Waals surface area (Å²) in [6.45, 7) is 3.58. The van der Waals surface area contributed by atoms with Gasteiger partial charge in [-0.05, 0) is 12.8 Å². The van der Waals surface area contributed by atoms with Gasteiger partial charge in [0.05, 0.1) is 5.41 Å². The normalized spacial score (nSPS) is 11.5. The van der Waals surface area contributed by atoms with Crippen molar-refractivity contribution in [1.82, 2.24) is 10.4 Å². The maximum absolute atomic E-state index is 11.5. The number of hydrogen-bond donors (Lipinski definition) is 2. The third-order valence-electron chi connectivity index (χ3n) is 2.65. The van der Waals surface area contributed by atoms with Gasteiger partial charge in [0.2, 0.25) is 5.91 Å². The number of carbonyl (C=O) groups is 2. The summed E-state index contributed by atoms with van der Waals surface area (Å²) in [6.07, 6.45) is 0.937. The average molecular weight is 216 g/mol. The van der Waals surface area contributed by atoms with Crippen molar-refractivity contribution >= 4 is 11.9 Å². The lowest BCUT2D eigenvalue weighted by Crippen LogP contribution is -2.41. The van der Waals surface area contributed by atoms with Gasteiger partial charge in [-0.15, -0.1) is 0 Å². The van der Waals surface area contributed by atoms with Crippen LogP contribution < -0.4 is 5.43 Å². The molecule has 0 unspecified atom stereocenters. The van der Waals surface area contributed by atoms with E-state index in [1.807, 2.05) is 0 Å². The molecule has 0 aromatic rings. The predicted molar refractivity (Wildman–Crippen MR) is 57.1 cm³/mol. The van der Waals surface area contributed by atoms with Gasteiger partial charge in [0.25, 0.3) is 0 Å². The Morgan fingerprint density at radius 2 is 1.73 bits per heavy atom. The first-order valence-electron chi connectivity index (χ1n) is 5.08. The van der Waals surface area contributed by atoms with E-state index in [9.17, 15) is 9.59 Å². The van der Waals surface area contributed by atoms with Crippen molar-refractivity contribution in [2.24, 2.45) is 5.41 Å². The highest BCUT2D eigenvalue weighted by Gasteiger charge is 2.37. The number of nitrogens with zero attached hydrogens (tertiary/aromatic N) is 1. The van der Waals surface area contributed by atoms with E-state index in [4.69, 9.17) is 5.11 Å². The van der Waals surface area contributed by atoms with Gasteiger partial charge in [-0.1, -0.05) is 13.8 Å². The number of carbonyl (C=O) groups excluding carboxylic acids is 1. The molecule has 0 aromatic carbocycles. The molecule has 88 valence electrons. The fourth-order valence-electron chi connectivity index (χ4n) is 1.47. The predicted octanol–water partition coefficient (Wildman–Crippen LogP) is 0.860. The van der Waals surface area contributed by atoms with Crippen LogP contribution in [0.15, 0.2) is 0 Å². The summed E-state index contributed by atoms with van der Waals surface area (Å²) in [6, 6.07) is 0. The van der Waals surface area contributed by atoms with Crippen molar-refractivity contribution in [2.75, 3.05) is 14.1 Å². The maximum Gasteiger partial charge on any atom is 0.310 e. The minimum absolute atomic E-state index is 0.0213. The van der Waals surface area contributed by atoms with Crippen LogP contribution in [0.25, 0.3) is 0 Å². The molecular formula is C10H20N2O3. The van der Waals surface area contributed by atoms with E-state index < -0.39 is 11.4 Å². The van der Waals surface area contributed by atoms with E-state index in [1.165, 1.54) is 5.01 Å². The Kier molecular flexibility index (Phi) is 5.28. The minimum atomic E-state index is -0.930.